The molecule has 1 aliphatic heterocycles. The molecule has 0 aromatic heterocycles. The van der Waals surface area contributed by atoms with Gasteiger partial charge in [0, 0.05) is 30.6 Å². The van der Waals surface area contributed by atoms with Gasteiger partial charge in [-0.3, -0.25) is 5.32 Å². The fourth-order valence-electron chi connectivity index (χ4n) is 2.79. The molecular weight excluding hydrogens is 433 g/mol. The average molecular weight is 454 g/mol. The number of nitrogens with zero attached hydrogens (tertiary/aromatic N) is 1. The quantitative estimate of drug-likeness (QED) is 0.479. The van der Waals surface area contributed by atoms with Crippen LogP contribution >= 0.6 is 23.2 Å². The normalized spacial score (nSPS) is 16.6. The molecule has 0 saturated heterocycles. The minimum absolute atomic E-state index is 0.248. The topological polar surface area (TPSA) is 109 Å². The summed E-state index contributed by atoms with van der Waals surface area (Å²) in [6.45, 7) is 1.16. The monoisotopic (exact) mass is 453 g/mol. The van der Waals surface area contributed by atoms with Crippen LogP contribution in [-0.2, 0) is 9.84 Å². The molecule has 2 aromatic carbocycles. The predicted molar refractivity (Wildman–Crippen MR) is 119 cm³/mol. The highest BCUT2D eigenvalue weighted by atomic mass is 35.5. The van der Waals surface area contributed by atoms with Crippen LogP contribution in [0, 0.1) is 0 Å². The molecule has 29 heavy (non-hydrogen) atoms. The minimum atomic E-state index is -3.24. The first-order chi connectivity index (χ1) is 13.7. The number of nitrogens with one attached hydrogen (secondary N) is 3. The molecule has 2 aromatic rings. The summed E-state index contributed by atoms with van der Waals surface area (Å²) >= 11 is 12.4. The van der Waals surface area contributed by atoms with E-state index in [2.05, 4.69) is 20.9 Å². The molecule has 1 heterocycles. The van der Waals surface area contributed by atoms with Crippen LogP contribution in [0.25, 0.3) is 5.70 Å². The van der Waals surface area contributed by atoms with Crippen LogP contribution in [0.2, 0.25) is 10.0 Å². The fraction of sp³-hybridized carbons (Fsp3) is 0.211. The van der Waals surface area contributed by atoms with Crippen molar-refractivity contribution in [3.8, 4) is 0 Å². The maximum absolute atomic E-state index is 11.6. The Labute approximate surface area is 179 Å². The third kappa shape index (κ3) is 5.63. The van der Waals surface area contributed by atoms with Gasteiger partial charge in [-0.2, -0.15) is 0 Å². The molecule has 0 spiro atoms. The van der Waals surface area contributed by atoms with Gasteiger partial charge in [0.15, 0.2) is 15.8 Å². The van der Waals surface area contributed by atoms with Crippen LogP contribution in [0.3, 0.4) is 0 Å². The van der Waals surface area contributed by atoms with Gasteiger partial charge in [0.25, 0.3) is 0 Å². The molecule has 154 valence electrons. The number of benzene rings is 2. The highest BCUT2D eigenvalue weighted by Gasteiger charge is 2.17. The summed E-state index contributed by atoms with van der Waals surface area (Å²) in [5.41, 5.74) is 7.96. The van der Waals surface area contributed by atoms with Crippen LogP contribution in [0.4, 0.5) is 5.69 Å². The molecular formula is C19H21Cl2N5O2S. The van der Waals surface area contributed by atoms with Crippen molar-refractivity contribution in [3.05, 3.63) is 64.1 Å². The molecule has 1 atom stereocenters. The smallest absolute Gasteiger partial charge is 0.195 e. The molecule has 0 fully saturated rings. The second-order valence-electron chi connectivity index (χ2n) is 6.45. The Balaban J connectivity index is 1.61. The van der Waals surface area contributed by atoms with E-state index in [0.29, 0.717) is 34.4 Å². The number of nitrogens with two attached hydrogens (primary N) is 1. The number of hydrogen-bond donors (Lipinski definition) is 4. The first-order valence-corrected chi connectivity index (χ1v) is 11.4. The molecule has 0 bridgehead atoms. The maximum Gasteiger partial charge on any atom is 0.195 e. The van der Waals surface area contributed by atoms with Gasteiger partial charge in [-0.15, -0.1) is 0 Å². The largest absolute Gasteiger partial charge is 0.384 e. The van der Waals surface area contributed by atoms with Crippen LogP contribution in [-0.4, -0.2) is 39.9 Å². The third-order valence-corrected chi connectivity index (χ3v) is 6.11. The Bertz CT molecular complexity index is 1070. The van der Waals surface area contributed by atoms with E-state index in [1.165, 1.54) is 6.26 Å². The lowest BCUT2D eigenvalue weighted by molar-refractivity contribution is 0.572. The molecule has 0 amide bonds. The molecule has 0 radical (unpaired) electrons. The van der Waals surface area contributed by atoms with Crippen LogP contribution in [0.1, 0.15) is 5.56 Å². The Kier molecular flexibility index (Phi) is 6.69. The number of rotatable bonds is 7. The number of anilines is 1. The van der Waals surface area contributed by atoms with E-state index in [1.807, 2.05) is 18.2 Å². The van der Waals surface area contributed by atoms with Crippen molar-refractivity contribution in [2.24, 2.45) is 10.7 Å². The summed E-state index contributed by atoms with van der Waals surface area (Å²) in [7, 11) is -3.24. The minimum Gasteiger partial charge on any atom is -0.384 e. The Morgan fingerprint density at radius 2 is 1.93 bits per heavy atom. The Hall–Kier alpha value is -2.26. The van der Waals surface area contributed by atoms with Crippen molar-refractivity contribution < 1.29 is 8.42 Å². The first kappa shape index (κ1) is 21.4. The van der Waals surface area contributed by atoms with Crippen LogP contribution in [0.5, 0.6) is 0 Å². The molecule has 10 heteroatoms. The summed E-state index contributed by atoms with van der Waals surface area (Å²) < 4.78 is 23.3. The van der Waals surface area contributed by atoms with Crippen molar-refractivity contribution in [1.82, 2.24) is 10.6 Å². The van der Waals surface area contributed by atoms with Gasteiger partial charge in [0.2, 0.25) is 0 Å². The van der Waals surface area contributed by atoms with E-state index in [9.17, 15) is 8.42 Å². The highest BCUT2D eigenvalue weighted by Crippen LogP contribution is 2.31. The van der Waals surface area contributed by atoms with Crippen molar-refractivity contribution in [1.29, 1.82) is 0 Å². The average Bonchev–Trinajstić information content (AvgIpc) is 2.66. The number of hydrogen-bond acceptors (Lipinski definition) is 7. The molecule has 3 rings (SSSR count). The van der Waals surface area contributed by atoms with Gasteiger partial charge in [-0.1, -0.05) is 41.4 Å². The van der Waals surface area contributed by atoms with Crippen LogP contribution in [0.15, 0.2) is 58.4 Å². The molecule has 1 unspecified atom stereocenters. The van der Waals surface area contributed by atoms with E-state index in [-0.39, 0.29) is 17.0 Å². The van der Waals surface area contributed by atoms with Gasteiger partial charge >= 0.3 is 0 Å². The van der Waals surface area contributed by atoms with Crippen molar-refractivity contribution in [3.63, 3.8) is 0 Å². The summed E-state index contributed by atoms with van der Waals surface area (Å²) in [6, 6.07) is 12.0. The zero-order valence-electron chi connectivity index (χ0n) is 15.6. The van der Waals surface area contributed by atoms with Gasteiger partial charge in [0.1, 0.15) is 6.17 Å². The van der Waals surface area contributed by atoms with Gasteiger partial charge < -0.3 is 16.4 Å². The number of halogens is 2. The second-order valence-corrected chi connectivity index (χ2v) is 9.25. The summed E-state index contributed by atoms with van der Waals surface area (Å²) in [5, 5.41) is 10.4. The second kappa shape index (κ2) is 9.04. The van der Waals surface area contributed by atoms with Gasteiger partial charge in [-0.05, 0) is 30.3 Å². The summed E-state index contributed by atoms with van der Waals surface area (Å²) in [5.74, 6) is 0.268. The SMILES string of the molecule is CS(=O)(=O)c1cccc(NCCNC2C=C(c3cccc(Cl)c3Cl)N=C(N)N2)c1. The molecule has 5 N–H and O–H groups in total. The number of sulfone groups is 1. The lowest BCUT2D eigenvalue weighted by Gasteiger charge is -2.23. The third-order valence-electron chi connectivity index (χ3n) is 4.18. The fourth-order valence-corrected chi connectivity index (χ4v) is 3.86. The van der Waals surface area contributed by atoms with Crippen molar-refractivity contribution >= 4 is 50.4 Å². The van der Waals surface area contributed by atoms with Gasteiger partial charge in [0.05, 0.1) is 20.6 Å². The molecule has 7 nitrogen and oxygen atoms in total. The Morgan fingerprint density at radius 3 is 2.69 bits per heavy atom. The standard InChI is InChI=1S/C19H21Cl2N5O2S/c1-29(27,28)13-5-2-4-12(10-13)23-8-9-24-17-11-16(25-19(22)26-17)14-6-3-7-15(20)18(14)21/h2-7,10-11,17,23-24H,8-9H2,1H3,(H3,22,25,26). The molecule has 0 saturated carbocycles. The molecule has 0 aliphatic carbocycles. The first-order valence-electron chi connectivity index (χ1n) is 8.78. The number of aliphatic imine (C=N–C) groups is 1. The van der Waals surface area contributed by atoms with E-state index >= 15 is 0 Å². The number of guanidine groups is 1. The zero-order valence-corrected chi connectivity index (χ0v) is 17.9. The summed E-state index contributed by atoms with van der Waals surface area (Å²) in [4.78, 5) is 4.58. The summed E-state index contributed by atoms with van der Waals surface area (Å²) in [6.07, 6.45) is 2.81. The van der Waals surface area contributed by atoms with Crippen LogP contribution < -0.4 is 21.7 Å². The maximum atomic E-state index is 11.6. The lowest BCUT2D eigenvalue weighted by atomic mass is 10.1. The van der Waals surface area contributed by atoms with E-state index < -0.39 is 9.84 Å². The van der Waals surface area contributed by atoms with E-state index in [0.717, 1.165) is 5.69 Å². The lowest BCUT2D eigenvalue weighted by Crippen LogP contribution is -2.50. The zero-order chi connectivity index (χ0) is 21.0. The van der Waals surface area contributed by atoms with Gasteiger partial charge in [-0.25, -0.2) is 13.4 Å². The van der Waals surface area contributed by atoms with E-state index in [4.69, 9.17) is 28.9 Å². The van der Waals surface area contributed by atoms with Crippen molar-refractivity contribution in [2.45, 2.75) is 11.1 Å². The molecule has 1 aliphatic rings. The van der Waals surface area contributed by atoms with E-state index in [1.54, 1.807) is 30.3 Å². The predicted octanol–water partition coefficient (Wildman–Crippen LogP) is 2.68. The Morgan fingerprint density at radius 1 is 1.17 bits per heavy atom. The highest BCUT2D eigenvalue weighted by molar-refractivity contribution is 7.90. The van der Waals surface area contributed by atoms with Crippen molar-refractivity contribution in [2.75, 3.05) is 24.7 Å².